The lowest BCUT2D eigenvalue weighted by Crippen LogP contribution is -2.13. The summed E-state index contributed by atoms with van der Waals surface area (Å²) in [4.78, 5) is 34.3. The van der Waals surface area contributed by atoms with Crippen molar-refractivity contribution in [1.29, 1.82) is 0 Å². The maximum atomic E-state index is 11.6. The number of hydrogen-bond acceptors (Lipinski definition) is 6. The van der Waals surface area contributed by atoms with E-state index in [1.807, 2.05) is 48.5 Å². The molecule has 1 aliphatic heterocycles. The van der Waals surface area contributed by atoms with E-state index in [1.165, 1.54) is 32.1 Å². The molecular weight excluding hydrogens is 444 g/mol. The molecule has 1 fully saturated rings. The first-order valence-corrected chi connectivity index (χ1v) is 12.7. The molecule has 0 radical (unpaired) electrons. The number of rotatable bonds is 3. The molecule has 0 saturated carbocycles. The highest BCUT2D eigenvalue weighted by Crippen LogP contribution is 2.12. The van der Waals surface area contributed by atoms with Crippen LogP contribution < -0.4 is 0 Å². The lowest BCUT2D eigenvalue weighted by atomic mass is 10.1. The van der Waals surface area contributed by atoms with Gasteiger partial charge in [0.05, 0.1) is 5.56 Å². The van der Waals surface area contributed by atoms with E-state index in [9.17, 15) is 14.4 Å². The summed E-state index contributed by atoms with van der Waals surface area (Å²) >= 11 is 0. The molecule has 0 spiro atoms. The van der Waals surface area contributed by atoms with Crippen molar-refractivity contribution < 1.29 is 28.6 Å². The van der Waals surface area contributed by atoms with E-state index >= 15 is 0 Å². The Morgan fingerprint density at radius 1 is 0.629 bits per heavy atom. The zero-order chi connectivity index (χ0) is 25.0. The fraction of sp³-hybridized carbons (Fsp3) is 0.483. The third-order valence-electron chi connectivity index (χ3n) is 5.59. The van der Waals surface area contributed by atoms with Gasteiger partial charge in [0.15, 0.2) is 0 Å². The minimum absolute atomic E-state index is 0.180. The first kappa shape index (κ1) is 28.1. The molecule has 35 heavy (non-hydrogen) atoms. The van der Waals surface area contributed by atoms with Crippen LogP contribution >= 0.6 is 0 Å². The average Bonchev–Trinajstić information content (AvgIpc) is 2.89. The van der Waals surface area contributed by atoms with E-state index in [0.29, 0.717) is 25.0 Å². The van der Waals surface area contributed by atoms with Crippen molar-refractivity contribution in [2.24, 2.45) is 0 Å². The second-order valence-electron chi connectivity index (χ2n) is 8.55. The quantitative estimate of drug-likeness (QED) is 0.371. The van der Waals surface area contributed by atoms with Gasteiger partial charge in [0.25, 0.3) is 0 Å². The van der Waals surface area contributed by atoms with Crippen molar-refractivity contribution in [3.05, 3.63) is 71.8 Å². The molecule has 0 aliphatic carbocycles. The summed E-state index contributed by atoms with van der Waals surface area (Å²) < 4.78 is 15.2. The van der Waals surface area contributed by atoms with Crippen LogP contribution in [-0.4, -0.2) is 31.1 Å². The van der Waals surface area contributed by atoms with Gasteiger partial charge < -0.3 is 14.2 Å². The predicted octanol–water partition coefficient (Wildman–Crippen LogP) is 6.42. The van der Waals surface area contributed by atoms with E-state index in [4.69, 9.17) is 14.2 Å². The summed E-state index contributed by atoms with van der Waals surface area (Å²) in [6.45, 7) is 0.684. The first-order valence-electron chi connectivity index (χ1n) is 12.7. The van der Waals surface area contributed by atoms with Gasteiger partial charge in [-0.3, -0.25) is 9.59 Å². The normalized spacial score (nSPS) is 16.5. The first-order chi connectivity index (χ1) is 17.1. The minimum Gasteiger partial charge on any atom is -0.462 e. The number of cyclic esters (lactones) is 2. The number of carbonyl (C=O) groups excluding carboxylic acids is 3. The maximum Gasteiger partial charge on any atom is 0.338 e. The summed E-state index contributed by atoms with van der Waals surface area (Å²) in [7, 11) is 0. The number of carbonyl (C=O) groups is 3. The fourth-order valence-electron chi connectivity index (χ4n) is 3.61. The van der Waals surface area contributed by atoms with Gasteiger partial charge in [-0.15, -0.1) is 0 Å². The van der Waals surface area contributed by atoms with Crippen molar-refractivity contribution >= 4 is 17.9 Å². The van der Waals surface area contributed by atoms with E-state index in [0.717, 1.165) is 31.2 Å². The van der Waals surface area contributed by atoms with Crippen molar-refractivity contribution in [3.63, 3.8) is 0 Å². The second kappa shape index (κ2) is 18.2. The molecular formula is C29H38O6. The van der Waals surface area contributed by atoms with E-state index < -0.39 is 0 Å². The Morgan fingerprint density at radius 2 is 1.06 bits per heavy atom. The molecule has 190 valence electrons. The van der Waals surface area contributed by atoms with Crippen LogP contribution in [0.2, 0.25) is 0 Å². The lowest BCUT2D eigenvalue weighted by Gasteiger charge is -2.06. The average molecular weight is 483 g/mol. The molecule has 1 aliphatic rings. The lowest BCUT2D eigenvalue weighted by molar-refractivity contribution is -0.152. The molecule has 1 saturated heterocycles. The van der Waals surface area contributed by atoms with Crippen LogP contribution in [0.1, 0.15) is 86.6 Å². The van der Waals surface area contributed by atoms with E-state index in [1.54, 1.807) is 12.1 Å². The molecule has 0 N–H and O–H groups in total. The van der Waals surface area contributed by atoms with Gasteiger partial charge in [0.2, 0.25) is 0 Å². The smallest absolute Gasteiger partial charge is 0.338 e. The van der Waals surface area contributed by atoms with Crippen LogP contribution in [0, 0.1) is 0 Å². The SMILES string of the molecule is O=C(OCc1ccccc1)c1ccccc1.O=C1CCCCCCCCCCCC(=O)OCCO1. The van der Waals surface area contributed by atoms with Crippen molar-refractivity contribution in [3.8, 4) is 0 Å². The second-order valence-corrected chi connectivity index (χ2v) is 8.55. The summed E-state index contributed by atoms with van der Waals surface area (Å²) in [5.74, 6) is -0.648. The van der Waals surface area contributed by atoms with Gasteiger partial charge in [-0.05, 0) is 30.5 Å². The Kier molecular flexibility index (Phi) is 14.6. The molecule has 6 heteroatoms. The molecule has 2 aromatic carbocycles. The Balaban J connectivity index is 0.000000250. The molecule has 3 rings (SSSR count). The molecule has 1 heterocycles. The molecule has 0 bridgehead atoms. The molecule has 0 amide bonds. The highest BCUT2D eigenvalue weighted by molar-refractivity contribution is 5.89. The monoisotopic (exact) mass is 482 g/mol. The van der Waals surface area contributed by atoms with Crippen molar-refractivity contribution in [2.75, 3.05) is 13.2 Å². The zero-order valence-corrected chi connectivity index (χ0v) is 20.6. The maximum absolute atomic E-state index is 11.6. The van der Waals surface area contributed by atoms with E-state index in [2.05, 4.69) is 0 Å². The zero-order valence-electron chi connectivity index (χ0n) is 20.6. The molecule has 2 aromatic rings. The summed E-state index contributed by atoms with van der Waals surface area (Å²) in [5, 5.41) is 0. The number of esters is 3. The van der Waals surface area contributed by atoms with Gasteiger partial charge in [-0.25, -0.2) is 4.79 Å². The van der Waals surface area contributed by atoms with Crippen LogP contribution in [0.3, 0.4) is 0 Å². The minimum atomic E-state index is -0.288. The van der Waals surface area contributed by atoms with Gasteiger partial charge in [0, 0.05) is 12.8 Å². The van der Waals surface area contributed by atoms with Crippen molar-refractivity contribution in [1.82, 2.24) is 0 Å². The Bertz CT molecular complexity index is 824. The number of benzene rings is 2. The predicted molar refractivity (Wildman–Crippen MR) is 135 cm³/mol. The van der Waals surface area contributed by atoms with Crippen LogP contribution in [0.25, 0.3) is 0 Å². The topological polar surface area (TPSA) is 78.9 Å². The molecule has 6 nitrogen and oxygen atoms in total. The largest absolute Gasteiger partial charge is 0.462 e. The highest BCUT2D eigenvalue weighted by Gasteiger charge is 2.07. The highest BCUT2D eigenvalue weighted by atomic mass is 16.6. The molecule has 0 atom stereocenters. The summed E-state index contributed by atoms with van der Waals surface area (Å²) in [6.07, 6.45) is 11.1. The Labute approximate surface area is 209 Å². The van der Waals surface area contributed by atoms with Crippen molar-refractivity contribution in [2.45, 2.75) is 77.2 Å². The Morgan fingerprint density at radius 3 is 1.54 bits per heavy atom. The van der Waals surface area contributed by atoms with Crippen LogP contribution in [0.5, 0.6) is 0 Å². The third-order valence-corrected chi connectivity index (χ3v) is 5.59. The Hall–Kier alpha value is -3.15. The van der Waals surface area contributed by atoms with Gasteiger partial charge in [-0.1, -0.05) is 93.5 Å². The number of hydrogen-bond donors (Lipinski definition) is 0. The van der Waals surface area contributed by atoms with Crippen LogP contribution in [0.15, 0.2) is 60.7 Å². The summed E-state index contributed by atoms with van der Waals surface area (Å²) in [5.41, 5.74) is 1.57. The summed E-state index contributed by atoms with van der Waals surface area (Å²) in [6, 6.07) is 18.6. The third kappa shape index (κ3) is 14.0. The standard InChI is InChI=1S/C15H26O4.C14H12O2/c16-14-10-8-6-4-2-1-3-5-7-9-11-15(17)19-13-12-18-14;15-14(13-9-5-2-6-10-13)16-11-12-7-3-1-4-8-12/h1-13H2;1-10H,11H2. The van der Waals surface area contributed by atoms with Crippen LogP contribution in [0.4, 0.5) is 0 Å². The molecule has 0 unspecified atom stereocenters. The van der Waals surface area contributed by atoms with Gasteiger partial charge in [0.1, 0.15) is 19.8 Å². The molecule has 0 aromatic heterocycles. The van der Waals surface area contributed by atoms with E-state index in [-0.39, 0.29) is 31.1 Å². The van der Waals surface area contributed by atoms with Crippen LogP contribution in [-0.2, 0) is 30.4 Å². The fourth-order valence-corrected chi connectivity index (χ4v) is 3.61. The van der Waals surface area contributed by atoms with Gasteiger partial charge in [-0.2, -0.15) is 0 Å². The van der Waals surface area contributed by atoms with Gasteiger partial charge >= 0.3 is 17.9 Å². The number of ether oxygens (including phenoxy) is 3.